The molecule has 7 heteroatoms. The predicted molar refractivity (Wildman–Crippen MR) is 75.8 cm³/mol. The van der Waals surface area contributed by atoms with E-state index in [0.29, 0.717) is 12.6 Å². The summed E-state index contributed by atoms with van der Waals surface area (Å²) in [4.78, 5) is 2.09. The Bertz CT molecular complexity index is 598. The maximum absolute atomic E-state index is 9.55. The molecule has 0 bridgehead atoms. The van der Waals surface area contributed by atoms with Crippen molar-refractivity contribution in [2.75, 3.05) is 25.0 Å². The molecule has 108 valence electrons. The van der Waals surface area contributed by atoms with E-state index in [1.165, 1.54) is 0 Å². The summed E-state index contributed by atoms with van der Waals surface area (Å²) in [5, 5.41) is 25.7. The minimum absolute atomic E-state index is 0.228. The van der Waals surface area contributed by atoms with Crippen molar-refractivity contribution in [3.63, 3.8) is 0 Å². The molecule has 0 saturated carbocycles. The van der Waals surface area contributed by atoms with Gasteiger partial charge >= 0.3 is 0 Å². The van der Waals surface area contributed by atoms with Crippen molar-refractivity contribution in [3.8, 4) is 0 Å². The lowest BCUT2D eigenvalue weighted by Crippen LogP contribution is -2.35. The van der Waals surface area contributed by atoms with Gasteiger partial charge in [-0.05, 0) is 18.6 Å². The zero-order valence-electron chi connectivity index (χ0n) is 11.8. The molecule has 0 unspecified atom stereocenters. The number of anilines is 1. The van der Waals surface area contributed by atoms with Crippen molar-refractivity contribution < 1.29 is 5.11 Å². The van der Waals surface area contributed by atoms with E-state index in [9.17, 15) is 5.11 Å². The molecule has 2 atom stereocenters. The third-order valence-electron chi connectivity index (χ3n) is 3.71. The Morgan fingerprint density at radius 1 is 1.45 bits per heavy atom. The number of aliphatic hydroxyl groups excluding tert-OH is 1. The fourth-order valence-electron chi connectivity index (χ4n) is 2.61. The molecule has 1 fully saturated rings. The van der Waals surface area contributed by atoms with E-state index in [1.807, 2.05) is 26.1 Å². The summed E-state index contributed by atoms with van der Waals surface area (Å²) in [6.45, 7) is 3.54. The Morgan fingerprint density at radius 3 is 3.00 bits per heavy atom. The smallest absolute Gasteiger partial charge is 0.178 e. The van der Waals surface area contributed by atoms with Crippen LogP contribution in [0.2, 0.25) is 0 Å². The molecule has 2 aromatic rings. The van der Waals surface area contributed by atoms with Gasteiger partial charge < -0.3 is 15.3 Å². The number of hydrogen-bond donors (Lipinski definition) is 2. The van der Waals surface area contributed by atoms with E-state index >= 15 is 0 Å². The van der Waals surface area contributed by atoms with Crippen LogP contribution in [0.5, 0.6) is 0 Å². The number of rotatable bonds is 4. The summed E-state index contributed by atoms with van der Waals surface area (Å²) in [6, 6.07) is 4.19. The quantitative estimate of drug-likeness (QED) is 0.808. The number of fused-ring (bicyclic) bond motifs is 1. The lowest BCUT2D eigenvalue weighted by molar-refractivity contribution is 0.193. The average Bonchev–Trinajstić information content (AvgIpc) is 3.03. The van der Waals surface area contributed by atoms with Crippen LogP contribution in [0.4, 0.5) is 5.82 Å². The van der Waals surface area contributed by atoms with E-state index < -0.39 is 0 Å². The fraction of sp³-hybridized carbons (Fsp3) is 0.615. The molecule has 0 aromatic carbocycles. The van der Waals surface area contributed by atoms with Crippen LogP contribution < -0.4 is 10.2 Å². The van der Waals surface area contributed by atoms with Crippen LogP contribution in [0.25, 0.3) is 5.65 Å². The highest BCUT2D eigenvalue weighted by Gasteiger charge is 2.23. The van der Waals surface area contributed by atoms with Gasteiger partial charge in [0.25, 0.3) is 0 Å². The van der Waals surface area contributed by atoms with Gasteiger partial charge in [0.1, 0.15) is 5.82 Å². The molecule has 1 aliphatic rings. The number of aliphatic hydroxyl groups is 1. The zero-order chi connectivity index (χ0) is 14.1. The zero-order valence-corrected chi connectivity index (χ0v) is 11.8. The van der Waals surface area contributed by atoms with Crippen LogP contribution in [0, 0.1) is 0 Å². The lowest BCUT2D eigenvalue weighted by Gasteiger charge is -2.22. The van der Waals surface area contributed by atoms with Gasteiger partial charge in [-0.3, -0.25) is 0 Å². The molecule has 0 radical (unpaired) electrons. The van der Waals surface area contributed by atoms with Crippen LogP contribution in [0.1, 0.15) is 19.2 Å². The Labute approximate surface area is 117 Å². The largest absolute Gasteiger partial charge is 0.392 e. The van der Waals surface area contributed by atoms with Crippen LogP contribution >= 0.6 is 0 Å². The van der Waals surface area contributed by atoms with Crippen molar-refractivity contribution in [1.82, 2.24) is 25.1 Å². The number of nitrogens with one attached hydrogen (secondary N) is 1. The molecule has 1 saturated heterocycles. The topological polar surface area (TPSA) is 78.6 Å². The molecule has 0 spiro atoms. The van der Waals surface area contributed by atoms with Crippen molar-refractivity contribution in [2.24, 2.45) is 0 Å². The first-order chi connectivity index (χ1) is 9.67. The second-order valence-corrected chi connectivity index (χ2v) is 5.31. The van der Waals surface area contributed by atoms with Crippen molar-refractivity contribution in [3.05, 3.63) is 18.0 Å². The molecule has 20 heavy (non-hydrogen) atoms. The van der Waals surface area contributed by atoms with Gasteiger partial charge in [0.05, 0.1) is 6.10 Å². The Balaban J connectivity index is 1.78. The van der Waals surface area contributed by atoms with E-state index in [-0.39, 0.29) is 6.10 Å². The van der Waals surface area contributed by atoms with Gasteiger partial charge in [-0.15, -0.1) is 15.3 Å². The molecule has 2 aromatic heterocycles. The Hall–Kier alpha value is -1.73. The van der Waals surface area contributed by atoms with Crippen LogP contribution in [0.15, 0.2) is 12.1 Å². The predicted octanol–water partition coefficient (Wildman–Crippen LogP) is -0.154. The van der Waals surface area contributed by atoms with E-state index in [2.05, 4.69) is 25.5 Å². The second-order valence-electron chi connectivity index (χ2n) is 5.31. The first kappa shape index (κ1) is 13.3. The molecule has 7 nitrogen and oxygen atoms in total. The monoisotopic (exact) mass is 276 g/mol. The maximum atomic E-state index is 9.55. The summed E-state index contributed by atoms with van der Waals surface area (Å²) in [5.41, 5.74) is 0.772. The van der Waals surface area contributed by atoms with E-state index in [4.69, 9.17) is 0 Å². The molecular weight excluding hydrogens is 256 g/mol. The molecule has 2 N–H and O–H groups in total. The third-order valence-corrected chi connectivity index (χ3v) is 3.71. The first-order valence-corrected chi connectivity index (χ1v) is 7.01. The lowest BCUT2D eigenvalue weighted by atomic mass is 10.2. The molecule has 3 heterocycles. The van der Waals surface area contributed by atoms with Crippen molar-refractivity contribution >= 4 is 11.5 Å². The van der Waals surface area contributed by atoms with Gasteiger partial charge in [0.2, 0.25) is 0 Å². The summed E-state index contributed by atoms with van der Waals surface area (Å²) >= 11 is 0. The van der Waals surface area contributed by atoms with Crippen LogP contribution in [-0.4, -0.2) is 57.2 Å². The first-order valence-electron chi connectivity index (χ1n) is 7.01. The highest BCUT2D eigenvalue weighted by atomic mass is 16.3. The van der Waals surface area contributed by atoms with E-state index in [1.54, 1.807) is 4.52 Å². The number of nitrogens with zero attached hydrogens (tertiary/aromatic N) is 5. The second kappa shape index (κ2) is 5.34. The Kier molecular flexibility index (Phi) is 3.54. The minimum Gasteiger partial charge on any atom is -0.392 e. The molecule has 3 rings (SSSR count). The number of aryl methyl sites for hydroxylation is 1. The molecule has 0 amide bonds. The van der Waals surface area contributed by atoms with Crippen molar-refractivity contribution in [1.29, 1.82) is 0 Å². The van der Waals surface area contributed by atoms with Gasteiger partial charge in [0, 0.05) is 32.6 Å². The van der Waals surface area contributed by atoms with Crippen molar-refractivity contribution in [2.45, 2.75) is 31.9 Å². The summed E-state index contributed by atoms with van der Waals surface area (Å²) in [7, 11) is 2.01. The maximum Gasteiger partial charge on any atom is 0.178 e. The normalized spacial score (nSPS) is 22.6. The summed E-state index contributed by atoms with van der Waals surface area (Å²) < 4.78 is 1.79. The van der Waals surface area contributed by atoms with Gasteiger partial charge in [-0.2, -0.15) is 4.52 Å². The average molecular weight is 276 g/mol. The number of hydrogen-bond acceptors (Lipinski definition) is 6. The molecule has 0 aliphatic carbocycles. The summed E-state index contributed by atoms with van der Waals surface area (Å²) in [5.74, 6) is 1.75. The molecule has 1 aliphatic heterocycles. The highest BCUT2D eigenvalue weighted by Crippen LogP contribution is 2.14. The Morgan fingerprint density at radius 2 is 2.30 bits per heavy atom. The fourth-order valence-corrected chi connectivity index (χ4v) is 2.61. The van der Waals surface area contributed by atoms with Crippen LogP contribution in [-0.2, 0) is 6.42 Å². The number of β-amino-alcohol motifs (C(OH)–C–C–N with tert-alkyl or cyclic N) is 1. The molecular formula is C13H20N6O. The third kappa shape index (κ3) is 2.46. The van der Waals surface area contributed by atoms with Gasteiger partial charge in [0.15, 0.2) is 11.5 Å². The minimum atomic E-state index is -0.228. The SMILES string of the molecule is CCc1nnc2ccc(N(C)C[C@@H]3C[C@@H](O)CN3)nn12. The van der Waals surface area contributed by atoms with Gasteiger partial charge in [-0.1, -0.05) is 6.92 Å². The summed E-state index contributed by atoms with van der Waals surface area (Å²) in [6.07, 6.45) is 1.37. The van der Waals surface area contributed by atoms with Crippen LogP contribution in [0.3, 0.4) is 0 Å². The van der Waals surface area contributed by atoms with E-state index in [0.717, 1.165) is 36.7 Å². The number of aromatic nitrogens is 4. The standard InChI is InChI=1S/C13H20N6O/c1-3-11-15-16-12-4-5-13(17-19(11)12)18(2)8-9-6-10(20)7-14-9/h4-5,9-10,14,20H,3,6-8H2,1-2H3/t9-,10+/m0/s1. The van der Waals surface area contributed by atoms with Gasteiger partial charge in [-0.25, -0.2) is 0 Å². The highest BCUT2D eigenvalue weighted by molar-refractivity contribution is 5.45. The number of likely N-dealkylation sites (N-methyl/N-ethyl adjacent to an activating group) is 1.